The fraction of sp³-hybridized carbons (Fsp3) is 0.143. The number of carbonyl (C=O) groups excluding carboxylic acids is 1. The lowest BCUT2D eigenvalue weighted by Gasteiger charge is -2.02. The van der Waals surface area contributed by atoms with Crippen molar-refractivity contribution >= 4 is 28.6 Å². The first-order valence-electron chi connectivity index (χ1n) is 5.83. The minimum absolute atomic E-state index is 0.243. The molecule has 0 bridgehead atoms. The van der Waals surface area contributed by atoms with Crippen LogP contribution in [0.5, 0.6) is 0 Å². The van der Waals surface area contributed by atoms with Gasteiger partial charge in [0.25, 0.3) is 5.91 Å². The van der Waals surface area contributed by atoms with Gasteiger partial charge in [-0.2, -0.15) is 5.10 Å². The highest BCUT2D eigenvalue weighted by Gasteiger charge is 2.05. The third kappa shape index (κ3) is 3.42. The molecule has 0 spiro atoms. The van der Waals surface area contributed by atoms with Crippen LogP contribution in [0, 0.1) is 6.92 Å². The number of nitrogens with two attached hydrogens (primary N) is 1. The molecular weight excluding hydrogens is 258 g/mol. The minimum atomic E-state index is -0.243. The molecule has 98 valence electrons. The lowest BCUT2D eigenvalue weighted by Crippen LogP contribution is -2.19. The van der Waals surface area contributed by atoms with E-state index in [1.807, 2.05) is 26.0 Å². The van der Waals surface area contributed by atoms with Crippen LogP contribution in [0.1, 0.15) is 27.0 Å². The Kier molecular flexibility index (Phi) is 3.97. The molecule has 0 saturated carbocycles. The van der Waals surface area contributed by atoms with Gasteiger partial charge in [0, 0.05) is 16.1 Å². The van der Waals surface area contributed by atoms with Gasteiger partial charge in [0.1, 0.15) is 0 Å². The predicted octanol–water partition coefficient (Wildman–Crippen LogP) is 2.79. The third-order valence-electron chi connectivity index (χ3n) is 2.59. The molecule has 2 aromatic rings. The second-order valence-corrected chi connectivity index (χ2v) is 5.46. The first-order chi connectivity index (χ1) is 9.06. The lowest BCUT2D eigenvalue weighted by molar-refractivity contribution is 0.0955. The summed E-state index contributed by atoms with van der Waals surface area (Å²) in [7, 11) is 0. The molecule has 0 aliphatic carbocycles. The summed E-state index contributed by atoms with van der Waals surface area (Å²) in [6.45, 7) is 3.91. The van der Waals surface area contributed by atoms with Crippen LogP contribution in [0.2, 0.25) is 0 Å². The molecule has 0 unspecified atom stereocenters. The molecule has 1 amide bonds. The highest BCUT2D eigenvalue weighted by Crippen LogP contribution is 2.15. The van der Waals surface area contributed by atoms with Crippen molar-refractivity contribution in [2.75, 3.05) is 5.73 Å². The Bertz CT molecular complexity index is 614. The number of nitrogens with zero attached hydrogens (tertiary/aromatic N) is 1. The predicted molar refractivity (Wildman–Crippen MR) is 79.6 cm³/mol. The standard InChI is InChI=1S/C14H15N3OS/c1-9-3-8-13(19-9)10(2)16-17-14(18)11-4-6-12(15)7-5-11/h3-8H,15H2,1-2H3,(H,17,18)/b16-10-. The van der Waals surface area contributed by atoms with Crippen molar-refractivity contribution in [1.82, 2.24) is 5.43 Å². The van der Waals surface area contributed by atoms with Gasteiger partial charge in [-0.05, 0) is 50.2 Å². The van der Waals surface area contributed by atoms with Gasteiger partial charge in [-0.25, -0.2) is 5.43 Å². The third-order valence-corrected chi connectivity index (χ3v) is 3.70. The van der Waals surface area contributed by atoms with Gasteiger partial charge in [-0.1, -0.05) is 0 Å². The summed E-state index contributed by atoms with van der Waals surface area (Å²) >= 11 is 1.65. The Morgan fingerprint density at radius 3 is 2.47 bits per heavy atom. The van der Waals surface area contributed by atoms with E-state index in [2.05, 4.69) is 10.5 Å². The quantitative estimate of drug-likeness (QED) is 0.513. The van der Waals surface area contributed by atoms with E-state index in [-0.39, 0.29) is 5.91 Å². The first-order valence-corrected chi connectivity index (χ1v) is 6.65. The van der Waals surface area contributed by atoms with Gasteiger partial charge in [-0.3, -0.25) is 4.79 Å². The summed E-state index contributed by atoms with van der Waals surface area (Å²) in [5.74, 6) is -0.243. The van der Waals surface area contributed by atoms with Crippen molar-refractivity contribution in [2.24, 2.45) is 5.10 Å². The number of carbonyl (C=O) groups is 1. The monoisotopic (exact) mass is 273 g/mol. The van der Waals surface area contributed by atoms with Crippen LogP contribution in [0.15, 0.2) is 41.5 Å². The average Bonchev–Trinajstić information content (AvgIpc) is 2.83. The maximum Gasteiger partial charge on any atom is 0.271 e. The number of hydrogen-bond donors (Lipinski definition) is 2. The summed E-state index contributed by atoms with van der Waals surface area (Å²) in [4.78, 5) is 14.1. The summed E-state index contributed by atoms with van der Waals surface area (Å²) in [6.07, 6.45) is 0. The number of hydrogen-bond acceptors (Lipinski definition) is 4. The minimum Gasteiger partial charge on any atom is -0.399 e. The molecular formula is C14H15N3OS. The normalized spacial score (nSPS) is 11.4. The Morgan fingerprint density at radius 1 is 1.21 bits per heavy atom. The van der Waals surface area contributed by atoms with Crippen LogP contribution < -0.4 is 11.2 Å². The summed E-state index contributed by atoms with van der Waals surface area (Å²) in [5, 5.41) is 4.10. The van der Waals surface area contributed by atoms with Crippen molar-refractivity contribution in [2.45, 2.75) is 13.8 Å². The number of nitrogen functional groups attached to an aromatic ring is 1. The number of hydrazone groups is 1. The van der Waals surface area contributed by atoms with Crippen molar-refractivity contribution in [3.05, 3.63) is 51.7 Å². The van der Waals surface area contributed by atoms with Crippen LogP contribution in [0.25, 0.3) is 0 Å². The van der Waals surface area contributed by atoms with E-state index in [0.717, 1.165) is 10.6 Å². The molecule has 2 rings (SSSR count). The SMILES string of the molecule is C/C(=N/NC(=O)c1ccc(N)cc1)c1ccc(C)s1. The van der Waals surface area contributed by atoms with E-state index in [1.54, 1.807) is 35.6 Å². The summed E-state index contributed by atoms with van der Waals surface area (Å²) < 4.78 is 0. The molecule has 19 heavy (non-hydrogen) atoms. The number of thiophene rings is 1. The van der Waals surface area contributed by atoms with Crippen LogP contribution in [-0.2, 0) is 0 Å². The molecule has 0 saturated heterocycles. The maximum absolute atomic E-state index is 11.8. The highest BCUT2D eigenvalue weighted by molar-refractivity contribution is 7.14. The molecule has 0 aliphatic heterocycles. The lowest BCUT2D eigenvalue weighted by atomic mass is 10.2. The smallest absolute Gasteiger partial charge is 0.271 e. The van der Waals surface area contributed by atoms with Gasteiger partial charge in [-0.15, -0.1) is 11.3 Å². The van der Waals surface area contributed by atoms with Gasteiger partial charge >= 0.3 is 0 Å². The molecule has 5 heteroatoms. The first kappa shape index (κ1) is 13.3. The van der Waals surface area contributed by atoms with Crippen molar-refractivity contribution in [3.63, 3.8) is 0 Å². The number of nitrogens with one attached hydrogen (secondary N) is 1. The second kappa shape index (κ2) is 5.67. The largest absolute Gasteiger partial charge is 0.399 e. The molecule has 1 aromatic heterocycles. The number of rotatable bonds is 3. The number of aryl methyl sites for hydroxylation is 1. The fourth-order valence-corrected chi connectivity index (χ4v) is 2.33. The maximum atomic E-state index is 11.8. The second-order valence-electron chi connectivity index (χ2n) is 4.17. The molecule has 0 atom stereocenters. The molecule has 0 fully saturated rings. The van der Waals surface area contributed by atoms with Crippen LogP contribution in [-0.4, -0.2) is 11.6 Å². The molecule has 4 nitrogen and oxygen atoms in total. The van der Waals surface area contributed by atoms with Crippen LogP contribution >= 0.6 is 11.3 Å². The molecule has 0 radical (unpaired) electrons. The van der Waals surface area contributed by atoms with Gasteiger partial charge in [0.15, 0.2) is 0 Å². The van der Waals surface area contributed by atoms with E-state index >= 15 is 0 Å². The molecule has 0 aliphatic rings. The van der Waals surface area contributed by atoms with Crippen molar-refractivity contribution < 1.29 is 4.79 Å². The molecule has 1 heterocycles. The Labute approximate surface area is 116 Å². The Morgan fingerprint density at radius 2 is 1.89 bits per heavy atom. The van der Waals surface area contributed by atoms with E-state index < -0.39 is 0 Å². The molecule has 3 N–H and O–H groups in total. The van der Waals surface area contributed by atoms with Gasteiger partial charge in [0.05, 0.1) is 10.6 Å². The Hall–Kier alpha value is -2.14. The number of anilines is 1. The van der Waals surface area contributed by atoms with E-state index in [4.69, 9.17) is 5.73 Å². The van der Waals surface area contributed by atoms with Crippen molar-refractivity contribution in [1.29, 1.82) is 0 Å². The van der Waals surface area contributed by atoms with E-state index in [0.29, 0.717) is 11.3 Å². The Balaban J connectivity index is 2.05. The summed E-state index contributed by atoms with van der Waals surface area (Å²) in [6, 6.07) is 10.7. The average molecular weight is 273 g/mol. The zero-order chi connectivity index (χ0) is 13.8. The van der Waals surface area contributed by atoms with Gasteiger partial charge < -0.3 is 5.73 Å². The highest BCUT2D eigenvalue weighted by atomic mass is 32.1. The van der Waals surface area contributed by atoms with Crippen LogP contribution in [0.3, 0.4) is 0 Å². The number of benzene rings is 1. The van der Waals surface area contributed by atoms with E-state index in [9.17, 15) is 4.79 Å². The van der Waals surface area contributed by atoms with Gasteiger partial charge in [0.2, 0.25) is 0 Å². The number of amides is 1. The van der Waals surface area contributed by atoms with Crippen molar-refractivity contribution in [3.8, 4) is 0 Å². The van der Waals surface area contributed by atoms with Crippen LogP contribution in [0.4, 0.5) is 5.69 Å². The fourth-order valence-electron chi connectivity index (χ4n) is 1.52. The zero-order valence-corrected chi connectivity index (χ0v) is 11.6. The zero-order valence-electron chi connectivity index (χ0n) is 10.8. The van der Waals surface area contributed by atoms with E-state index in [1.165, 1.54) is 4.88 Å². The topological polar surface area (TPSA) is 67.5 Å². The molecule has 1 aromatic carbocycles. The summed E-state index contributed by atoms with van der Waals surface area (Å²) in [5.41, 5.74) is 10.1.